The smallest absolute Gasteiger partial charge is 0.286 e. The van der Waals surface area contributed by atoms with Crippen LogP contribution in [0, 0.1) is 10.1 Å². The largest absolute Gasteiger partial charge is 0.493 e. The lowest BCUT2D eigenvalue weighted by atomic mass is 10.1. The van der Waals surface area contributed by atoms with Crippen molar-refractivity contribution >= 4 is 21.6 Å². The molecule has 0 saturated carbocycles. The summed E-state index contributed by atoms with van der Waals surface area (Å²) in [4.78, 5) is 23.6. The molecule has 0 aromatic heterocycles. The van der Waals surface area contributed by atoms with Crippen LogP contribution in [0.25, 0.3) is 0 Å². The Labute approximate surface area is 187 Å². The Balaban J connectivity index is 2.28. The minimum Gasteiger partial charge on any atom is -0.493 e. The number of amides is 1. The van der Waals surface area contributed by atoms with Gasteiger partial charge in [-0.1, -0.05) is 24.3 Å². The van der Waals surface area contributed by atoms with Crippen molar-refractivity contribution in [3.63, 3.8) is 0 Å². The van der Waals surface area contributed by atoms with Crippen LogP contribution in [0.15, 0.2) is 36.4 Å². The molecular weight excluding hydrogens is 438 g/mol. The van der Waals surface area contributed by atoms with Gasteiger partial charge in [-0.25, -0.2) is 13.1 Å². The number of sulfonamides is 1. The predicted molar refractivity (Wildman–Crippen MR) is 119 cm³/mol. The molecule has 0 aliphatic heterocycles. The molecule has 0 fully saturated rings. The topological polar surface area (TPSA) is 137 Å². The lowest BCUT2D eigenvalue weighted by Crippen LogP contribution is -2.32. The second kappa shape index (κ2) is 10.9. The summed E-state index contributed by atoms with van der Waals surface area (Å²) < 4.78 is 37.7. The van der Waals surface area contributed by atoms with Gasteiger partial charge in [-0.05, 0) is 31.9 Å². The first-order valence-electron chi connectivity index (χ1n) is 9.92. The number of nitrogens with zero attached hydrogens (tertiary/aromatic N) is 1. The Morgan fingerprint density at radius 1 is 1.16 bits per heavy atom. The lowest BCUT2D eigenvalue weighted by molar-refractivity contribution is -0.385. The second-order valence-corrected chi connectivity index (χ2v) is 8.95. The standard InChI is InChI=1S/C21H27N3O7S/c1-5-31-20-10-17(18(24(26)27)11-19(20)30-4)21(25)22-12-15-8-6-7-9-16(15)13-32(28,29)23-14(2)3/h6-11,14,23H,5,12-13H2,1-4H3,(H,22,25). The van der Waals surface area contributed by atoms with E-state index in [9.17, 15) is 23.3 Å². The summed E-state index contributed by atoms with van der Waals surface area (Å²) in [6.45, 7) is 5.45. The fourth-order valence-corrected chi connectivity index (χ4v) is 4.55. The van der Waals surface area contributed by atoms with E-state index in [0.717, 1.165) is 6.07 Å². The molecule has 0 atom stereocenters. The fourth-order valence-electron chi connectivity index (χ4n) is 3.06. The van der Waals surface area contributed by atoms with E-state index in [2.05, 4.69) is 10.0 Å². The number of hydrogen-bond acceptors (Lipinski definition) is 7. The minimum absolute atomic E-state index is 0.0145. The van der Waals surface area contributed by atoms with E-state index in [-0.39, 0.29) is 42.0 Å². The number of carbonyl (C=O) groups excluding carboxylic acids is 1. The van der Waals surface area contributed by atoms with Gasteiger partial charge in [0.25, 0.3) is 11.6 Å². The molecule has 174 valence electrons. The molecule has 0 unspecified atom stereocenters. The highest BCUT2D eigenvalue weighted by Crippen LogP contribution is 2.34. The van der Waals surface area contributed by atoms with Crippen LogP contribution < -0.4 is 19.5 Å². The maximum absolute atomic E-state index is 12.8. The number of benzene rings is 2. The van der Waals surface area contributed by atoms with E-state index in [1.807, 2.05) is 0 Å². The number of nitrogens with one attached hydrogen (secondary N) is 2. The third-order valence-electron chi connectivity index (χ3n) is 4.34. The number of hydrogen-bond donors (Lipinski definition) is 2. The molecule has 2 N–H and O–H groups in total. The van der Waals surface area contributed by atoms with Gasteiger partial charge in [0.15, 0.2) is 11.5 Å². The Bertz CT molecular complexity index is 1080. The molecule has 2 aromatic rings. The first-order chi connectivity index (χ1) is 15.1. The zero-order chi connectivity index (χ0) is 23.9. The first kappa shape index (κ1) is 25.1. The first-order valence-corrected chi connectivity index (χ1v) is 11.6. The maximum Gasteiger partial charge on any atom is 0.286 e. The Morgan fingerprint density at radius 2 is 1.81 bits per heavy atom. The molecule has 0 aliphatic carbocycles. The van der Waals surface area contributed by atoms with Crippen molar-refractivity contribution in [2.24, 2.45) is 0 Å². The summed E-state index contributed by atoms with van der Waals surface area (Å²) in [5.74, 6) is -0.604. The number of rotatable bonds is 11. The van der Waals surface area contributed by atoms with Crippen molar-refractivity contribution in [1.82, 2.24) is 10.0 Å². The summed E-state index contributed by atoms with van der Waals surface area (Å²) in [7, 11) is -2.22. The van der Waals surface area contributed by atoms with Gasteiger partial charge in [0.05, 0.1) is 30.5 Å². The van der Waals surface area contributed by atoms with E-state index in [1.165, 1.54) is 13.2 Å². The van der Waals surface area contributed by atoms with Gasteiger partial charge >= 0.3 is 0 Å². The third-order valence-corrected chi connectivity index (χ3v) is 5.86. The number of nitro groups is 1. The predicted octanol–water partition coefficient (Wildman–Crippen LogP) is 2.76. The molecule has 0 aliphatic rings. The molecule has 1 amide bonds. The molecule has 2 rings (SSSR count). The van der Waals surface area contributed by atoms with E-state index in [0.29, 0.717) is 11.1 Å². The van der Waals surface area contributed by atoms with Gasteiger partial charge < -0.3 is 14.8 Å². The molecule has 10 nitrogen and oxygen atoms in total. The van der Waals surface area contributed by atoms with Crippen molar-refractivity contribution in [3.8, 4) is 11.5 Å². The lowest BCUT2D eigenvalue weighted by Gasteiger charge is -2.14. The second-order valence-electron chi connectivity index (χ2n) is 7.19. The quantitative estimate of drug-likeness (QED) is 0.384. The van der Waals surface area contributed by atoms with Crippen LogP contribution in [0.2, 0.25) is 0 Å². The van der Waals surface area contributed by atoms with Crippen molar-refractivity contribution < 1.29 is 27.6 Å². The summed E-state index contributed by atoms with van der Waals surface area (Å²) in [5.41, 5.74) is 0.474. The van der Waals surface area contributed by atoms with Gasteiger partial charge in [-0.3, -0.25) is 14.9 Å². The van der Waals surface area contributed by atoms with Crippen molar-refractivity contribution in [2.75, 3.05) is 13.7 Å². The number of ether oxygens (including phenoxy) is 2. The minimum atomic E-state index is -3.57. The van der Waals surface area contributed by atoms with E-state index >= 15 is 0 Å². The van der Waals surface area contributed by atoms with Gasteiger partial charge in [-0.15, -0.1) is 0 Å². The normalized spacial score (nSPS) is 11.3. The molecule has 11 heteroatoms. The van der Waals surface area contributed by atoms with Crippen molar-refractivity contribution in [2.45, 2.75) is 39.1 Å². The van der Waals surface area contributed by atoms with Crippen LogP contribution in [-0.2, 0) is 22.3 Å². The monoisotopic (exact) mass is 465 g/mol. The Morgan fingerprint density at radius 3 is 2.38 bits per heavy atom. The van der Waals surface area contributed by atoms with Crippen LogP contribution in [0.1, 0.15) is 42.3 Å². The molecule has 0 heterocycles. The summed E-state index contributed by atoms with van der Waals surface area (Å²) in [6.07, 6.45) is 0. The summed E-state index contributed by atoms with van der Waals surface area (Å²) in [6, 6.07) is 8.92. The zero-order valence-corrected chi connectivity index (χ0v) is 19.2. The highest BCUT2D eigenvalue weighted by Gasteiger charge is 2.25. The zero-order valence-electron chi connectivity index (χ0n) is 18.4. The third kappa shape index (κ3) is 6.66. The molecule has 32 heavy (non-hydrogen) atoms. The number of carbonyl (C=O) groups is 1. The Kier molecular flexibility index (Phi) is 8.56. The summed E-state index contributed by atoms with van der Waals surface area (Å²) in [5, 5.41) is 14.1. The molecule has 0 spiro atoms. The van der Waals surface area contributed by atoms with Crippen LogP contribution in [0.5, 0.6) is 11.5 Å². The van der Waals surface area contributed by atoms with E-state index in [1.54, 1.807) is 45.0 Å². The van der Waals surface area contributed by atoms with Crippen LogP contribution in [0.3, 0.4) is 0 Å². The molecule has 0 bridgehead atoms. The highest BCUT2D eigenvalue weighted by atomic mass is 32.2. The molecule has 2 aromatic carbocycles. The fraction of sp³-hybridized carbons (Fsp3) is 0.381. The van der Waals surface area contributed by atoms with Gasteiger partial charge in [0, 0.05) is 18.7 Å². The van der Waals surface area contributed by atoms with Crippen LogP contribution in [-0.4, -0.2) is 39.0 Å². The van der Waals surface area contributed by atoms with E-state index in [4.69, 9.17) is 9.47 Å². The van der Waals surface area contributed by atoms with Crippen molar-refractivity contribution in [1.29, 1.82) is 0 Å². The highest BCUT2D eigenvalue weighted by molar-refractivity contribution is 7.88. The van der Waals surface area contributed by atoms with Gasteiger partial charge in [0.1, 0.15) is 5.56 Å². The molecule has 0 radical (unpaired) electrons. The molecule has 0 saturated heterocycles. The average Bonchev–Trinajstić information content (AvgIpc) is 2.71. The number of methoxy groups -OCH3 is 1. The van der Waals surface area contributed by atoms with E-state index < -0.39 is 26.5 Å². The Hall–Kier alpha value is -3.18. The van der Waals surface area contributed by atoms with Crippen LogP contribution in [0.4, 0.5) is 5.69 Å². The SMILES string of the molecule is CCOc1cc(C(=O)NCc2ccccc2CS(=O)(=O)NC(C)C)c([N+](=O)[O-])cc1OC. The maximum atomic E-state index is 12.8. The van der Waals surface area contributed by atoms with Crippen molar-refractivity contribution in [3.05, 3.63) is 63.2 Å². The average molecular weight is 466 g/mol. The molecular formula is C21H27N3O7S. The van der Waals surface area contributed by atoms with Gasteiger partial charge in [0.2, 0.25) is 10.0 Å². The van der Waals surface area contributed by atoms with Crippen LogP contribution >= 0.6 is 0 Å². The summed E-state index contributed by atoms with van der Waals surface area (Å²) >= 11 is 0. The van der Waals surface area contributed by atoms with Gasteiger partial charge in [-0.2, -0.15) is 0 Å². The number of nitro benzene ring substituents is 1.